The second-order valence-corrected chi connectivity index (χ2v) is 8.21. The Morgan fingerprint density at radius 1 is 1.03 bits per heavy atom. The van der Waals surface area contributed by atoms with Gasteiger partial charge in [0.15, 0.2) is 5.82 Å². The normalized spacial score (nSPS) is 20.4. The molecule has 0 radical (unpaired) electrons. The molecule has 1 aromatic carbocycles. The Bertz CT molecular complexity index is 1060. The molecule has 0 aliphatic carbocycles. The van der Waals surface area contributed by atoms with Gasteiger partial charge in [-0.15, -0.1) is 20.4 Å². The Balaban J connectivity index is 1.36. The maximum atomic E-state index is 10.9. The SMILES string of the molecule is COc1ccc([C@H](O)[C@H]2CCCN(c3nnnc4cc(N5CCOCC5)ccc34)C2)nn1. The van der Waals surface area contributed by atoms with Gasteiger partial charge in [-0.25, -0.2) is 0 Å². The predicted molar refractivity (Wildman–Crippen MR) is 119 cm³/mol. The van der Waals surface area contributed by atoms with Gasteiger partial charge in [0.2, 0.25) is 5.88 Å². The number of aromatic nitrogens is 5. The van der Waals surface area contributed by atoms with E-state index in [9.17, 15) is 5.11 Å². The third kappa shape index (κ3) is 4.15. The van der Waals surface area contributed by atoms with Crippen LogP contribution in [0.25, 0.3) is 10.9 Å². The third-order valence-corrected chi connectivity index (χ3v) is 6.27. The second-order valence-electron chi connectivity index (χ2n) is 8.21. The molecule has 2 saturated heterocycles. The molecule has 0 bridgehead atoms. The summed E-state index contributed by atoms with van der Waals surface area (Å²) < 4.78 is 10.5. The van der Waals surface area contributed by atoms with Crippen LogP contribution >= 0.6 is 0 Å². The fourth-order valence-electron chi connectivity index (χ4n) is 4.51. The Morgan fingerprint density at radius 2 is 1.91 bits per heavy atom. The van der Waals surface area contributed by atoms with Gasteiger partial charge in [0.05, 0.1) is 26.0 Å². The number of methoxy groups -OCH3 is 1. The number of piperidine rings is 1. The average Bonchev–Trinajstić information content (AvgIpc) is 2.88. The number of nitrogens with zero attached hydrogens (tertiary/aromatic N) is 7. The van der Waals surface area contributed by atoms with Gasteiger partial charge in [-0.1, -0.05) is 0 Å². The fraction of sp³-hybridized carbons (Fsp3) is 0.500. The smallest absolute Gasteiger partial charge is 0.233 e. The van der Waals surface area contributed by atoms with Crippen LogP contribution in [0.3, 0.4) is 0 Å². The number of aliphatic hydroxyl groups is 1. The number of ether oxygens (including phenoxy) is 2. The van der Waals surface area contributed by atoms with E-state index in [0.29, 0.717) is 18.1 Å². The molecule has 4 heterocycles. The highest BCUT2D eigenvalue weighted by Gasteiger charge is 2.30. The van der Waals surface area contributed by atoms with E-state index in [1.165, 1.54) is 0 Å². The molecule has 0 unspecified atom stereocenters. The number of fused-ring (bicyclic) bond motifs is 1. The zero-order valence-electron chi connectivity index (χ0n) is 18.1. The summed E-state index contributed by atoms with van der Waals surface area (Å²) in [6.07, 6.45) is 1.15. The highest BCUT2D eigenvalue weighted by molar-refractivity contribution is 5.91. The van der Waals surface area contributed by atoms with Gasteiger partial charge in [0.25, 0.3) is 0 Å². The summed E-state index contributed by atoms with van der Waals surface area (Å²) in [5.74, 6) is 1.26. The molecule has 0 saturated carbocycles. The first-order valence-corrected chi connectivity index (χ1v) is 11.0. The van der Waals surface area contributed by atoms with Crippen LogP contribution in [0.2, 0.25) is 0 Å². The van der Waals surface area contributed by atoms with Crippen molar-refractivity contribution in [1.82, 2.24) is 25.6 Å². The van der Waals surface area contributed by atoms with Crippen molar-refractivity contribution in [3.63, 3.8) is 0 Å². The number of anilines is 2. The minimum atomic E-state index is -0.704. The van der Waals surface area contributed by atoms with E-state index in [1.807, 2.05) is 0 Å². The predicted octanol–water partition coefficient (Wildman–Crippen LogP) is 1.61. The number of morpholine rings is 1. The number of benzene rings is 1. The van der Waals surface area contributed by atoms with E-state index in [4.69, 9.17) is 9.47 Å². The lowest BCUT2D eigenvalue weighted by Gasteiger charge is -2.35. The van der Waals surface area contributed by atoms with Crippen molar-refractivity contribution >= 4 is 22.4 Å². The molecular formula is C22H27N7O3. The van der Waals surface area contributed by atoms with Gasteiger partial charge in [-0.05, 0) is 42.3 Å². The summed E-state index contributed by atoms with van der Waals surface area (Å²) in [4.78, 5) is 4.49. The molecule has 168 valence electrons. The monoisotopic (exact) mass is 437 g/mol. The van der Waals surface area contributed by atoms with Crippen LogP contribution in [-0.4, -0.2) is 77.2 Å². The molecule has 10 heteroatoms. The van der Waals surface area contributed by atoms with Crippen molar-refractivity contribution in [2.45, 2.75) is 18.9 Å². The van der Waals surface area contributed by atoms with Crippen molar-refractivity contribution in [1.29, 1.82) is 0 Å². The molecule has 2 aliphatic heterocycles. The van der Waals surface area contributed by atoms with Crippen molar-refractivity contribution in [2.24, 2.45) is 5.92 Å². The molecule has 2 fully saturated rings. The second kappa shape index (κ2) is 9.17. The van der Waals surface area contributed by atoms with Crippen molar-refractivity contribution in [3.05, 3.63) is 36.0 Å². The first-order valence-electron chi connectivity index (χ1n) is 11.0. The van der Waals surface area contributed by atoms with Gasteiger partial charge in [0.1, 0.15) is 11.6 Å². The Kier molecular flexibility index (Phi) is 5.95. The summed E-state index contributed by atoms with van der Waals surface area (Å²) >= 11 is 0. The van der Waals surface area contributed by atoms with E-state index in [1.54, 1.807) is 19.2 Å². The standard InChI is InChI=1S/C22H27N7O3/c1-31-20-7-6-18(23-25-20)21(30)15-3-2-8-29(14-15)22-17-5-4-16(13-19(17)24-27-26-22)28-9-11-32-12-10-28/h4-7,13,15,21,30H,2-3,8-12,14H2,1H3/t15-,21+/m0/s1. The summed E-state index contributed by atoms with van der Waals surface area (Å²) in [6, 6.07) is 9.75. The molecule has 0 spiro atoms. The quantitative estimate of drug-likeness (QED) is 0.632. The lowest BCUT2D eigenvalue weighted by atomic mass is 9.90. The first kappa shape index (κ1) is 20.8. The maximum Gasteiger partial charge on any atom is 0.233 e. The van der Waals surface area contributed by atoms with Crippen LogP contribution in [0.15, 0.2) is 30.3 Å². The molecule has 1 N–H and O–H groups in total. The number of rotatable bonds is 5. The Hall–Kier alpha value is -3.11. The highest BCUT2D eigenvalue weighted by Crippen LogP contribution is 2.33. The van der Waals surface area contributed by atoms with Crippen LogP contribution < -0.4 is 14.5 Å². The largest absolute Gasteiger partial charge is 0.480 e. The van der Waals surface area contributed by atoms with Crippen LogP contribution in [0, 0.1) is 5.92 Å². The average molecular weight is 438 g/mol. The Morgan fingerprint density at radius 3 is 2.69 bits per heavy atom. The number of hydrogen-bond donors (Lipinski definition) is 1. The topological polar surface area (TPSA) is 110 Å². The lowest BCUT2D eigenvalue weighted by Crippen LogP contribution is -2.39. The minimum Gasteiger partial charge on any atom is -0.480 e. The summed E-state index contributed by atoms with van der Waals surface area (Å²) in [5, 5.41) is 32.7. The van der Waals surface area contributed by atoms with Gasteiger partial charge in [-0.2, -0.15) is 0 Å². The fourth-order valence-corrected chi connectivity index (χ4v) is 4.51. The van der Waals surface area contributed by atoms with E-state index < -0.39 is 6.10 Å². The molecule has 0 amide bonds. The molecule has 32 heavy (non-hydrogen) atoms. The first-order chi connectivity index (χ1) is 15.7. The molecule has 3 aromatic rings. The number of aliphatic hydroxyl groups excluding tert-OH is 1. The van der Waals surface area contributed by atoms with Gasteiger partial charge in [0, 0.05) is 49.2 Å². The molecular weight excluding hydrogens is 410 g/mol. The van der Waals surface area contributed by atoms with Crippen molar-refractivity contribution in [3.8, 4) is 5.88 Å². The zero-order valence-corrected chi connectivity index (χ0v) is 18.1. The van der Waals surface area contributed by atoms with Crippen molar-refractivity contribution in [2.75, 3.05) is 56.3 Å². The number of hydrogen-bond acceptors (Lipinski definition) is 10. The molecule has 10 nitrogen and oxygen atoms in total. The summed E-state index contributed by atoms with van der Waals surface area (Å²) in [7, 11) is 1.54. The zero-order chi connectivity index (χ0) is 21.9. The summed E-state index contributed by atoms with van der Waals surface area (Å²) in [6.45, 7) is 4.74. The third-order valence-electron chi connectivity index (χ3n) is 6.27. The Labute approximate surface area is 186 Å². The summed E-state index contributed by atoms with van der Waals surface area (Å²) in [5.41, 5.74) is 2.50. The van der Waals surface area contributed by atoms with Crippen LogP contribution in [-0.2, 0) is 4.74 Å². The van der Waals surface area contributed by atoms with E-state index in [-0.39, 0.29) is 5.92 Å². The highest BCUT2D eigenvalue weighted by atomic mass is 16.5. The van der Waals surface area contributed by atoms with Gasteiger partial charge in [-0.3, -0.25) is 0 Å². The molecule has 2 aliphatic rings. The maximum absolute atomic E-state index is 10.9. The van der Waals surface area contributed by atoms with Gasteiger partial charge < -0.3 is 24.4 Å². The van der Waals surface area contributed by atoms with E-state index in [2.05, 4.69) is 53.6 Å². The van der Waals surface area contributed by atoms with E-state index in [0.717, 1.165) is 68.1 Å². The molecule has 5 rings (SSSR count). The van der Waals surface area contributed by atoms with Crippen LogP contribution in [0.4, 0.5) is 11.5 Å². The molecule has 2 atom stereocenters. The minimum absolute atomic E-state index is 0.0177. The van der Waals surface area contributed by atoms with Crippen LogP contribution in [0.1, 0.15) is 24.6 Å². The lowest BCUT2D eigenvalue weighted by molar-refractivity contribution is 0.0930. The van der Waals surface area contributed by atoms with Crippen LogP contribution in [0.5, 0.6) is 5.88 Å². The van der Waals surface area contributed by atoms with Crippen molar-refractivity contribution < 1.29 is 14.6 Å². The molecule has 2 aromatic heterocycles. The van der Waals surface area contributed by atoms with Gasteiger partial charge >= 0.3 is 0 Å². The van der Waals surface area contributed by atoms with E-state index >= 15 is 0 Å².